The lowest BCUT2D eigenvalue weighted by Gasteiger charge is -2.34. The molecule has 0 radical (unpaired) electrons. The first-order valence-electron chi connectivity index (χ1n) is 10.9. The zero-order valence-electron chi connectivity index (χ0n) is 18.4. The zero-order chi connectivity index (χ0) is 22.4. The van der Waals surface area contributed by atoms with Crippen LogP contribution in [0.1, 0.15) is 31.7 Å². The average Bonchev–Trinajstić information content (AvgIpc) is 3.22. The molecule has 7 nitrogen and oxygen atoms in total. The molecule has 2 aliphatic heterocycles. The Morgan fingerprint density at radius 2 is 1.94 bits per heavy atom. The lowest BCUT2D eigenvalue weighted by molar-refractivity contribution is -0.125. The molecule has 2 amide bonds. The Labute approximate surface area is 183 Å². The molecule has 1 unspecified atom stereocenters. The van der Waals surface area contributed by atoms with Gasteiger partial charge in [-0.25, -0.2) is 9.18 Å². The van der Waals surface area contributed by atoms with E-state index in [9.17, 15) is 14.0 Å². The summed E-state index contributed by atoms with van der Waals surface area (Å²) in [5.74, 6) is 0.420. The molecule has 8 heteroatoms. The van der Waals surface area contributed by atoms with Crippen LogP contribution in [0.5, 0.6) is 5.75 Å². The fourth-order valence-electron chi connectivity index (χ4n) is 3.92. The number of nitrogens with zero attached hydrogens (tertiary/aromatic N) is 3. The minimum Gasteiger partial charge on any atom is -0.492 e. The highest BCUT2D eigenvalue weighted by molar-refractivity contribution is 5.87. The van der Waals surface area contributed by atoms with Gasteiger partial charge in [-0.2, -0.15) is 0 Å². The number of benzene rings is 1. The highest BCUT2D eigenvalue weighted by Crippen LogP contribution is 2.27. The van der Waals surface area contributed by atoms with Crippen molar-refractivity contribution in [3.63, 3.8) is 0 Å². The number of carbonyl (C=O) groups is 2. The number of hydrogen-bond acceptors (Lipinski definition) is 5. The topological polar surface area (TPSA) is 62.3 Å². The van der Waals surface area contributed by atoms with Gasteiger partial charge in [0, 0.05) is 51.8 Å². The normalized spacial score (nSPS) is 19.5. The van der Waals surface area contributed by atoms with Crippen molar-refractivity contribution in [2.45, 2.75) is 32.3 Å². The number of piperazine rings is 1. The third-order valence-electron chi connectivity index (χ3n) is 5.79. The van der Waals surface area contributed by atoms with Gasteiger partial charge in [-0.1, -0.05) is 26.5 Å². The van der Waals surface area contributed by atoms with Crippen molar-refractivity contribution in [3.8, 4) is 5.75 Å². The van der Waals surface area contributed by atoms with Gasteiger partial charge in [0.05, 0.1) is 6.54 Å². The minimum absolute atomic E-state index is 0.131. The summed E-state index contributed by atoms with van der Waals surface area (Å²) in [5, 5.41) is 0. The third kappa shape index (κ3) is 6.19. The van der Waals surface area contributed by atoms with E-state index in [0.29, 0.717) is 51.5 Å². The predicted molar refractivity (Wildman–Crippen MR) is 116 cm³/mol. The maximum absolute atomic E-state index is 13.6. The van der Waals surface area contributed by atoms with Crippen molar-refractivity contribution in [1.29, 1.82) is 0 Å². The smallest absolute Gasteiger partial charge is 0.410 e. The van der Waals surface area contributed by atoms with E-state index in [1.54, 1.807) is 15.9 Å². The van der Waals surface area contributed by atoms with Crippen molar-refractivity contribution in [2.75, 3.05) is 52.4 Å². The maximum Gasteiger partial charge on any atom is 0.410 e. The molecule has 0 aromatic heterocycles. The molecular weight excluding hydrogens is 401 g/mol. The first kappa shape index (κ1) is 23.1. The zero-order valence-corrected chi connectivity index (χ0v) is 18.4. The predicted octanol–water partition coefficient (Wildman–Crippen LogP) is 2.87. The van der Waals surface area contributed by atoms with Gasteiger partial charge in [-0.15, -0.1) is 0 Å². The van der Waals surface area contributed by atoms with Crippen LogP contribution >= 0.6 is 0 Å². The standard InChI is InChI=1S/C23H32FN3O4/c1-4-22(28)27-8-7-19(16-27)31-23(29)26-11-9-25(10-12-26)13-14-30-21-15-18(24)5-6-20(21)17(2)3/h4-6,15,17,19H,1,7-14,16H2,2-3H3. The number of carbonyl (C=O) groups excluding carboxylic acids is 2. The van der Waals surface area contributed by atoms with E-state index in [2.05, 4.69) is 25.3 Å². The number of rotatable bonds is 7. The van der Waals surface area contributed by atoms with E-state index in [4.69, 9.17) is 9.47 Å². The third-order valence-corrected chi connectivity index (χ3v) is 5.79. The second-order valence-corrected chi connectivity index (χ2v) is 8.30. The highest BCUT2D eigenvalue weighted by Gasteiger charge is 2.30. The molecule has 0 N–H and O–H groups in total. The van der Waals surface area contributed by atoms with Crippen molar-refractivity contribution in [3.05, 3.63) is 42.2 Å². The number of halogens is 1. The van der Waals surface area contributed by atoms with E-state index in [0.717, 1.165) is 18.7 Å². The van der Waals surface area contributed by atoms with Crippen LogP contribution in [0.3, 0.4) is 0 Å². The molecule has 170 valence electrons. The summed E-state index contributed by atoms with van der Waals surface area (Å²) < 4.78 is 25.0. The van der Waals surface area contributed by atoms with Crippen LogP contribution in [0.25, 0.3) is 0 Å². The second-order valence-electron chi connectivity index (χ2n) is 8.30. The SMILES string of the molecule is C=CC(=O)N1CCC(OC(=O)N2CCN(CCOc3cc(F)ccc3C(C)C)CC2)C1. The van der Waals surface area contributed by atoms with Crippen molar-refractivity contribution < 1.29 is 23.5 Å². The number of ether oxygens (including phenoxy) is 2. The van der Waals surface area contributed by atoms with Gasteiger partial charge in [0.15, 0.2) is 0 Å². The van der Waals surface area contributed by atoms with Crippen molar-refractivity contribution in [1.82, 2.24) is 14.7 Å². The molecule has 2 saturated heterocycles. The quantitative estimate of drug-likeness (QED) is 0.619. The summed E-state index contributed by atoms with van der Waals surface area (Å²) in [4.78, 5) is 29.7. The van der Waals surface area contributed by atoms with Crippen molar-refractivity contribution >= 4 is 12.0 Å². The van der Waals surface area contributed by atoms with Crippen LogP contribution < -0.4 is 4.74 Å². The summed E-state index contributed by atoms with van der Waals surface area (Å²) in [6.45, 7) is 12.4. The Balaban J connectivity index is 1.38. The molecule has 3 rings (SSSR count). The summed E-state index contributed by atoms with van der Waals surface area (Å²) >= 11 is 0. The first-order chi connectivity index (χ1) is 14.9. The summed E-state index contributed by atoms with van der Waals surface area (Å²) in [7, 11) is 0. The first-order valence-corrected chi connectivity index (χ1v) is 10.9. The fourth-order valence-corrected chi connectivity index (χ4v) is 3.92. The lowest BCUT2D eigenvalue weighted by Crippen LogP contribution is -2.50. The molecule has 0 aliphatic carbocycles. The summed E-state index contributed by atoms with van der Waals surface area (Å²) in [6, 6.07) is 4.67. The van der Waals surface area contributed by atoms with Gasteiger partial charge < -0.3 is 19.3 Å². The Kier molecular flexibility index (Phi) is 7.90. The van der Waals surface area contributed by atoms with Gasteiger partial charge in [0.25, 0.3) is 0 Å². The number of likely N-dealkylation sites (tertiary alicyclic amines) is 1. The average molecular weight is 434 g/mol. The Morgan fingerprint density at radius 1 is 1.19 bits per heavy atom. The van der Waals surface area contributed by atoms with Crippen LogP contribution in [-0.4, -0.2) is 85.2 Å². The minimum atomic E-state index is -0.324. The van der Waals surface area contributed by atoms with Crippen LogP contribution in [0.15, 0.2) is 30.9 Å². The molecule has 31 heavy (non-hydrogen) atoms. The van der Waals surface area contributed by atoms with Gasteiger partial charge in [0.2, 0.25) is 5.91 Å². The van der Waals surface area contributed by atoms with Crippen LogP contribution in [0.4, 0.5) is 9.18 Å². The van der Waals surface area contributed by atoms with Gasteiger partial charge in [-0.05, 0) is 23.6 Å². The molecule has 0 bridgehead atoms. The lowest BCUT2D eigenvalue weighted by atomic mass is 10.0. The van der Waals surface area contributed by atoms with Crippen LogP contribution in [-0.2, 0) is 9.53 Å². The van der Waals surface area contributed by atoms with Crippen LogP contribution in [0, 0.1) is 5.82 Å². The van der Waals surface area contributed by atoms with E-state index in [-0.39, 0.29) is 29.8 Å². The van der Waals surface area contributed by atoms with E-state index in [1.165, 1.54) is 18.2 Å². The number of amides is 2. The Morgan fingerprint density at radius 3 is 2.61 bits per heavy atom. The van der Waals surface area contributed by atoms with E-state index < -0.39 is 0 Å². The largest absolute Gasteiger partial charge is 0.492 e. The molecule has 1 aromatic carbocycles. The number of hydrogen-bond donors (Lipinski definition) is 0. The molecular formula is C23H32FN3O4. The second kappa shape index (κ2) is 10.6. The highest BCUT2D eigenvalue weighted by atomic mass is 19.1. The van der Waals surface area contributed by atoms with Gasteiger partial charge in [0.1, 0.15) is 24.3 Å². The molecule has 2 aliphatic rings. The van der Waals surface area contributed by atoms with E-state index >= 15 is 0 Å². The van der Waals surface area contributed by atoms with Crippen LogP contribution in [0.2, 0.25) is 0 Å². The Bertz CT molecular complexity index is 793. The van der Waals surface area contributed by atoms with Crippen molar-refractivity contribution in [2.24, 2.45) is 0 Å². The monoisotopic (exact) mass is 433 g/mol. The fraction of sp³-hybridized carbons (Fsp3) is 0.565. The maximum atomic E-state index is 13.6. The molecule has 0 spiro atoms. The summed E-state index contributed by atoms with van der Waals surface area (Å²) in [5.41, 5.74) is 0.995. The Hall–Kier alpha value is -2.61. The molecule has 2 fully saturated rings. The van der Waals surface area contributed by atoms with Gasteiger partial charge in [-0.3, -0.25) is 9.69 Å². The molecule has 0 saturated carbocycles. The molecule has 1 aromatic rings. The summed E-state index contributed by atoms with van der Waals surface area (Å²) in [6.07, 6.45) is 1.35. The van der Waals surface area contributed by atoms with Gasteiger partial charge >= 0.3 is 6.09 Å². The molecule has 2 heterocycles. The molecule has 1 atom stereocenters. The van der Waals surface area contributed by atoms with E-state index in [1.807, 2.05) is 0 Å².